The topological polar surface area (TPSA) is 53.9 Å². The number of carbonyl (C=O) groups is 1. The highest BCUT2D eigenvalue weighted by Crippen LogP contribution is 2.32. The first-order valence-electron chi connectivity index (χ1n) is 6.61. The first-order chi connectivity index (χ1) is 9.66. The predicted octanol–water partition coefficient (Wildman–Crippen LogP) is 2.34. The molecule has 0 radical (unpaired) electrons. The van der Waals surface area contributed by atoms with Crippen molar-refractivity contribution in [1.29, 1.82) is 0 Å². The summed E-state index contributed by atoms with van der Waals surface area (Å²) < 4.78 is 2.43. The van der Waals surface area contributed by atoms with Crippen molar-refractivity contribution < 1.29 is 4.79 Å². The van der Waals surface area contributed by atoms with Gasteiger partial charge in [-0.3, -0.25) is 9.89 Å². The Kier molecular flexibility index (Phi) is 3.40. The molecule has 1 saturated heterocycles. The van der Waals surface area contributed by atoms with Gasteiger partial charge in [-0.1, -0.05) is 30.3 Å². The first-order valence-corrected chi connectivity index (χ1v) is 7.02. The first kappa shape index (κ1) is 13.1. The maximum absolute atomic E-state index is 12.1. The number of benzene rings is 1. The van der Waals surface area contributed by atoms with Gasteiger partial charge in [0.25, 0.3) is 0 Å². The van der Waals surface area contributed by atoms with Gasteiger partial charge in [-0.05, 0) is 24.2 Å². The Bertz CT molecular complexity index is 676. The van der Waals surface area contributed by atoms with Crippen LogP contribution < -0.4 is 0 Å². The van der Waals surface area contributed by atoms with E-state index in [2.05, 4.69) is 10.2 Å². The third-order valence-corrected chi connectivity index (χ3v) is 4.10. The lowest BCUT2D eigenvalue weighted by Crippen LogP contribution is -2.28. The lowest BCUT2D eigenvalue weighted by Gasteiger charge is -2.24. The summed E-state index contributed by atoms with van der Waals surface area (Å²) in [5.74, 6) is 1.00. The van der Waals surface area contributed by atoms with Gasteiger partial charge >= 0.3 is 0 Å². The fraction of sp³-hybridized carbons (Fsp3) is 0.357. The maximum atomic E-state index is 12.1. The fourth-order valence-electron chi connectivity index (χ4n) is 2.64. The number of aromatic amines is 1. The minimum Gasteiger partial charge on any atom is -0.328 e. The Morgan fingerprint density at radius 1 is 1.40 bits per heavy atom. The van der Waals surface area contributed by atoms with Crippen LogP contribution in [0, 0.1) is 4.77 Å². The molecule has 104 valence electrons. The molecule has 1 aliphatic rings. The Labute approximate surface area is 122 Å². The summed E-state index contributed by atoms with van der Waals surface area (Å²) in [4.78, 5) is 14.0. The van der Waals surface area contributed by atoms with E-state index in [1.807, 2.05) is 46.8 Å². The van der Waals surface area contributed by atoms with Crippen molar-refractivity contribution in [2.24, 2.45) is 7.05 Å². The van der Waals surface area contributed by atoms with Gasteiger partial charge in [0.05, 0.1) is 6.04 Å². The number of aromatic nitrogens is 3. The summed E-state index contributed by atoms with van der Waals surface area (Å²) in [6.45, 7) is 0.615. The van der Waals surface area contributed by atoms with E-state index in [1.54, 1.807) is 0 Å². The zero-order chi connectivity index (χ0) is 14.1. The number of carbonyl (C=O) groups excluding carboxylic acids is 1. The van der Waals surface area contributed by atoms with E-state index in [4.69, 9.17) is 12.2 Å². The second-order valence-electron chi connectivity index (χ2n) is 5.01. The Morgan fingerprint density at radius 3 is 2.80 bits per heavy atom. The van der Waals surface area contributed by atoms with Crippen LogP contribution in [0.1, 0.15) is 30.3 Å². The number of nitrogens with one attached hydrogen (secondary N) is 1. The van der Waals surface area contributed by atoms with Gasteiger partial charge in [0, 0.05) is 20.0 Å². The summed E-state index contributed by atoms with van der Waals surface area (Å²) in [5, 5.41) is 7.07. The fourth-order valence-corrected chi connectivity index (χ4v) is 2.78. The number of hydrogen-bond donors (Lipinski definition) is 1. The molecule has 2 heterocycles. The van der Waals surface area contributed by atoms with Crippen molar-refractivity contribution in [3.8, 4) is 0 Å². The Hall–Kier alpha value is -1.95. The Balaban J connectivity index is 1.89. The number of rotatable bonds is 3. The minimum absolute atomic E-state index is 0.000608. The van der Waals surface area contributed by atoms with E-state index < -0.39 is 0 Å². The van der Waals surface area contributed by atoms with E-state index in [0.717, 1.165) is 17.8 Å². The SMILES string of the molecule is Cn1c([C@H]2CCC(=O)N2Cc2ccccc2)n[nH]c1=S. The average molecular weight is 288 g/mol. The second-order valence-corrected chi connectivity index (χ2v) is 5.39. The summed E-state index contributed by atoms with van der Waals surface area (Å²) in [7, 11) is 1.88. The molecule has 3 rings (SSSR count). The van der Waals surface area contributed by atoms with Crippen LogP contribution in [0.15, 0.2) is 30.3 Å². The molecule has 2 aromatic rings. The molecular weight excluding hydrogens is 272 g/mol. The Morgan fingerprint density at radius 2 is 2.15 bits per heavy atom. The van der Waals surface area contributed by atoms with Crippen LogP contribution in [0.3, 0.4) is 0 Å². The van der Waals surface area contributed by atoms with Gasteiger partial charge in [-0.25, -0.2) is 0 Å². The number of H-pyrrole nitrogens is 1. The normalized spacial score (nSPS) is 18.8. The number of amides is 1. The lowest BCUT2D eigenvalue weighted by molar-refractivity contribution is -0.129. The molecule has 0 aliphatic carbocycles. The summed E-state index contributed by atoms with van der Waals surface area (Å²) in [5.41, 5.74) is 1.13. The van der Waals surface area contributed by atoms with Crippen LogP contribution >= 0.6 is 12.2 Å². The van der Waals surface area contributed by atoms with Gasteiger partial charge in [-0.15, -0.1) is 0 Å². The molecule has 1 aliphatic heterocycles. The highest BCUT2D eigenvalue weighted by molar-refractivity contribution is 7.71. The van der Waals surface area contributed by atoms with E-state index in [0.29, 0.717) is 17.7 Å². The molecule has 0 spiro atoms. The quantitative estimate of drug-likeness (QED) is 0.882. The van der Waals surface area contributed by atoms with E-state index in [9.17, 15) is 4.79 Å². The second kappa shape index (κ2) is 5.20. The number of likely N-dealkylation sites (tertiary alicyclic amines) is 1. The van der Waals surface area contributed by atoms with Crippen molar-refractivity contribution in [3.05, 3.63) is 46.5 Å². The third-order valence-electron chi connectivity index (χ3n) is 3.74. The van der Waals surface area contributed by atoms with Crippen molar-refractivity contribution >= 4 is 18.1 Å². The average Bonchev–Trinajstić information content (AvgIpc) is 2.97. The highest BCUT2D eigenvalue weighted by atomic mass is 32.1. The monoisotopic (exact) mass is 288 g/mol. The summed E-state index contributed by atoms with van der Waals surface area (Å²) in [6, 6.07) is 10.0. The van der Waals surface area contributed by atoms with E-state index in [1.165, 1.54) is 0 Å². The minimum atomic E-state index is 0.000608. The summed E-state index contributed by atoms with van der Waals surface area (Å²) >= 11 is 5.15. The van der Waals surface area contributed by atoms with E-state index >= 15 is 0 Å². The molecule has 1 atom stereocenters. The van der Waals surface area contributed by atoms with E-state index in [-0.39, 0.29) is 11.9 Å². The molecule has 5 nitrogen and oxygen atoms in total. The molecule has 20 heavy (non-hydrogen) atoms. The predicted molar refractivity (Wildman–Crippen MR) is 77.4 cm³/mol. The zero-order valence-corrected chi connectivity index (χ0v) is 12.1. The van der Waals surface area contributed by atoms with Crippen LogP contribution in [0.4, 0.5) is 0 Å². The summed E-state index contributed by atoms with van der Waals surface area (Å²) in [6.07, 6.45) is 1.36. The van der Waals surface area contributed by atoms with Crippen LogP contribution in [-0.4, -0.2) is 25.6 Å². The van der Waals surface area contributed by atoms with Gasteiger partial charge in [-0.2, -0.15) is 5.10 Å². The molecule has 6 heteroatoms. The standard InChI is InChI=1S/C14H16N4OS/c1-17-13(15-16-14(17)20)11-7-8-12(19)18(11)9-10-5-3-2-4-6-10/h2-6,11H,7-9H2,1H3,(H,16,20)/t11-/m1/s1. The third kappa shape index (κ3) is 2.27. The lowest BCUT2D eigenvalue weighted by atomic mass is 10.1. The van der Waals surface area contributed by atoms with Crippen LogP contribution in [0.25, 0.3) is 0 Å². The molecule has 1 aromatic heterocycles. The van der Waals surface area contributed by atoms with Crippen molar-refractivity contribution in [2.45, 2.75) is 25.4 Å². The van der Waals surface area contributed by atoms with Crippen molar-refractivity contribution in [1.82, 2.24) is 19.7 Å². The van der Waals surface area contributed by atoms with Crippen LogP contribution in [0.2, 0.25) is 0 Å². The molecule has 1 aromatic carbocycles. The van der Waals surface area contributed by atoms with Gasteiger partial charge < -0.3 is 9.47 Å². The maximum Gasteiger partial charge on any atom is 0.223 e. The number of nitrogens with zero attached hydrogens (tertiary/aromatic N) is 3. The highest BCUT2D eigenvalue weighted by Gasteiger charge is 2.34. The van der Waals surface area contributed by atoms with Gasteiger partial charge in [0.15, 0.2) is 10.6 Å². The molecule has 1 amide bonds. The zero-order valence-electron chi connectivity index (χ0n) is 11.2. The molecule has 0 saturated carbocycles. The largest absolute Gasteiger partial charge is 0.328 e. The van der Waals surface area contributed by atoms with Crippen LogP contribution in [0.5, 0.6) is 0 Å². The van der Waals surface area contributed by atoms with Gasteiger partial charge in [0.1, 0.15) is 0 Å². The number of hydrogen-bond acceptors (Lipinski definition) is 3. The van der Waals surface area contributed by atoms with Gasteiger partial charge in [0.2, 0.25) is 5.91 Å². The smallest absolute Gasteiger partial charge is 0.223 e. The molecule has 1 fully saturated rings. The van der Waals surface area contributed by atoms with Crippen molar-refractivity contribution in [2.75, 3.05) is 0 Å². The molecule has 0 unspecified atom stereocenters. The molecule has 0 bridgehead atoms. The molecular formula is C14H16N4OS. The molecule has 1 N–H and O–H groups in total. The van der Waals surface area contributed by atoms with Crippen molar-refractivity contribution in [3.63, 3.8) is 0 Å². The van der Waals surface area contributed by atoms with Crippen LogP contribution in [-0.2, 0) is 18.4 Å².